The zero-order valence-electron chi connectivity index (χ0n) is 14.5. The van der Waals surface area contributed by atoms with Gasteiger partial charge in [0, 0.05) is 37.4 Å². The van der Waals surface area contributed by atoms with E-state index in [1.54, 1.807) is 4.90 Å². The normalized spacial score (nSPS) is 20.7. The number of rotatable bonds is 5. The zero-order valence-corrected chi connectivity index (χ0v) is 14.5. The summed E-state index contributed by atoms with van der Waals surface area (Å²) in [6.45, 7) is 7.71. The Morgan fingerprint density at radius 3 is 2.26 bits per heavy atom. The Balaban J connectivity index is 1.87. The topological polar surface area (TPSA) is 75.9 Å². The van der Waals surface area contributed by atoms with Gasteiger partial charge in [0.25, 0.3) is 0 Å². The number of aldehydes is 1. The van der Waals surface area contributed by atoms with E-state index >= 15 is 0 Å². The molecule has 1 aliphatic heterocycles. The fourth-order valence-corrected chi connectivity index (χ4v) is 3.02. The van der Waals surface area contributed by atoms with Crippen molar-refractivity contribution in [1.82, 2.24) is 9.80 Å². The van der Waals surface area contributed by atoms with Gasteiger partial charge in [-0.2, -0.15) is 0 Å². The molecule has 2 rings (SSSR count). The largest absolute Gasteiger partial charge is 0.444 e. The molecule has 2 aliphatic rings. The van der Waals surface area contributed by atoms with Crippen LogP contribution in [0.4, 0.5) is 4.79 Å². The number of nitrogens with two attached hydrogens (primary N) is 1. The van der Waals surface area contributed by atoms with Gasteiger partial charge in [-0.1, -0.05) is 0 Å². The molecular weight excluding hydrogens is 294 g/mol. The third-order valence-corrected chi connectivity index (χ3v) is 4.25. The lowest BCUT2D eigenvalue weighted by atomic mass is 10.0. The number of hydrogen-bond acceptors (Lipinski definition) is 5. The third kappa shape index (κ3) is 5.53. The van der Waals surface area contributed by atoms with Crippen molar-refractivity contribution in [2.45, 2.75) is 64.1 Å². The third-order valence-electron chi connectivity index (χ3n) is 4.25. The smallest absolute Gasteiger partial charge is 0.410 e. The van der Waals surface area contributed by atoms with Crippen molar-refractivity contribution in [3.05, 3.63) is 11.8 Å². The molecule has 0 radical (unpaired) electrons. The predicted molar refractivity (Wildman–Crippen MR) is 88.9 cm³/mol. The first-order chi connectivity index (χ1) is 10.8. The second kappa shape index (κ2) is 7.34. The molecule has 2 N–H and O–H groups in total. The number of amides is 1. The van der Waals surface area contributed by atoms with Crippen molar-refractivity contribution >= 4 is 12.4 Å². The summed E-state index contributed by atoms with van der Waals surface area (Å²) >= 11 is 0. The number of carbonyl (C=O) groups is 2. The van der Waals surface area contributed by atoms with Gasteiger partial charge in [0.2, 0.25) is 0 Å². The average Bonchev–Trinajstić information content (AvgIpc) is 3.28. The lowest BCUT2D eigenvalue weighted by Crippen LogP contribution is -2.49. The van der Waals surface area contributed by atoms with Crippen molar-refractivity contribution in [3.8, 4) is 0 Å². The van der Waals surface area contributed by atoms with E-state index in [0.29, 0.717) is 37.4 Å². The Kier molecular flexibility index (Phi) is 5.68. The van der Waals surface area contributed by atoms with Crippen molar-refractivity contribution in [2.75, 3.05) is 19.6 Å². The molecule has 130 valence electrons. The number of piperidine rings is 1. The molecule has 0 aromatic carbocycles. The summed E-state index contributed by atoms with van der Waals surface area (Å²) in [5.74, 6) is 0. The minimum atomic E-state index is -0.456. The zero-order chi connectivity index (χ0) is 17.0. The molecule has 0 aromatic heterocycles. The van der Waals surface area contributed by atoms with Crippen LogP contribution in [0.25, 0.3) is 0 Å². The van der Waals surface area contributed by atoms with E-state index in [1.165, 1.54) is 18.9 Å². The lowest BCUT2D eigenvalue weighted by Gasteiger charge is -2.39. The lowest BCUT2D eigenvalue weighted by molar-refractivity contribution is -0.104. The second-order valence-corrected chi connectivity index (χ2v) is 7.48. The van der Waals surface area contributed by atoms with Crippen LogP contribution in [0.3, 0.4) is 0 Å². The Morgan fingerprint density at radius 2 is 1.78 bits per heavy atom. The Labute approximate surface area is 138 Å². The summed E-state index contributed by atoms with van der Waals surface area (Å²) in [6.07, 6.45) is 6.18. The minimum Gasteiger partial charge on any atom is -0.444 e. The van der Waals surface area contributed by atoms with Gasteiger partial charge in [-0.05, 0) is 52.5 Å². The molecule has 0 atom stereocenters. The van der Waals surface area contributed by atoms with Crippen LogP contribution in [0, 0.1) is 0 Å². The first-order valence-electron chi connectivity index (χ1n) is 8.43. The molecule has 0 unspecified atom stereocenters. The molecule has 0 bridgehead atoms. The number of likely N-dealkylation sites (tertiary alicyclic amines) is 1. The number of hydrogen-bond donors (Lipinski definition) is 1. The van der Waals surface area contributed by atoms with Crippen LogP contribution in [0.2, 0.25) is 0 Å². The molecule has 6 nitrogen and oxygen atoms in total. The van der Waals surface area contributed by atoms with Gasteiger partial charge >= 0.3 is 6.09 Å². The van der Waals surface area contributed by atoms with E-state index in [0.717, 1.165) is 19.1 Å². The van der Waals surface area contributed by atoms with Gasteiger partial charge in [-0.15, -0.1) is 0 Å². The molecular formula is C17H29N3O3. The standard InChI is InChI=1S/C17H29N3O3/c1-17(2,3)23-16(22)19-9-6-15(7-10-19)20(14-4-5-14)12-13(18)8-11-21/h8,11,14-15H,4-7,9-10,12,18H2,1-3H3. The number of allylic oxidation sites excluding steroid dienone is 1. The second-order valence-electron chi connectivity index (χ2n) is 7.48. The maximum Gasteiger partial charge on any atom is 0.410 e. The SMILES string of the molecule is CC(C)(C)OC(=O)N1CCC(N(CC(N)=CC=O)C2CC2)CC1. The van der Waals surface area contributed by atoms with Crippen LogP contribution < -0.4 is 5.73 Å². The van der Waals surface area contributed by atoms with Crippen LogP contribution in [-0.2, 0) is 9.53 Å². The van der Waals surface area contributed by atoms with Gasteiger partial charge < -0.3 is 15.4 Å². The van der Waals surface area contributed by atoms with Crippen LogP contribution in [0.5, 0.6) is 0 Å². The fourth-order valence-electron chi connectivity index (χ4n) is 3.02. The molecule has 0 aromatic rings. The maximum absolute atomic E-state index is 12.1. The number of ether oxygens (including phenoxy) is 1. The highest BCUT2D eigenvalue weighted by atomic mass is 16.6. The molecule has 23 heavy (non-hydrogen) atoms. The van der Waals surface area contributed by atoms with Crippen molar-refractivity contribution < 1.29 is 14.3 Å². The Hall–Kier alpha value is -1.56. The van der Waals surface area contributed by atoms with Crippen molar-refractivity contribution in [1.29, 1.82) is 0 Å². The fraction of sp³-hybridized carbons (Fsp3) is 0.765. The van der Waals surface area contributed by atoms with Crippen molar-refractivity contribution in [2.24, 2.45) is 5.73 Å². The highest BCUT2D eigenvalue weighted by Crippen LogP contribution is 2.32. The first kappa shape index (κ1) is 17.8. The van der Waals surface area contributed by atoms with E-state index in [4.69, 9.17) is 10.5 Å². The van der Waals surface area contributed by atoms with E-state index in [-0.39, 0.29) is 6.09 Å². The molecule has 0 spiro atoms. The van der Waals surface area contributed by atoms with E-state index in [2.05, 4.69) is 4.90 Å². The van der Waals surface area contributed by atoms with Gasteiger partial charge in [0.15, 0.2) is 0 Å². The predicted octanol–water partition coefficient (Wildman–Crippen LogP) is 1.89. The van der Waals surface area contributed by atoms with Gasteiger partial charge in [0.05, 0.1) is 0 Å². The summed E-state index contributed by atoms with van der Waals surface area (Å²) in [5.41, 5.74) is 6.06. The monoisotopic (exact) mass is 323 g/mol. The average molecular weight is 323 g/mol. The Morgan fingerprint density at radius 1 is 1.22 bits per heavy atom. The van der Waals surface area contributed by atoms with Crippen LogP contribution in [-0.4, -0.2) is 59.5 Å². The van der Waals surface area contributed by atoms with Crippen molar-refractivity contribution in [3.63, 3.8) is 0 Å². The highest BCUT2D eigenvalue weighted by Gasteiger charge is 2.36. The summed E-state index contributed by atoms with van der Waals surface area (Å²) in [5, 5.41) is 0. The van der Waals surface area contributed by atoms with Crippen LogP contribution >= 0.6 is 0 Å². The molecule has 1 amide bonds. The van der Waals surface area contributed by atoms with E-state index in [9.17, 15) is 9.59 Å². The highest BCUT2D eigenvalue weighted by molar-refractivity contribution is 5.68. The first-order valence-corrected chi connectivity index (χ1v) is 8.43. The molecule has 1 saturated carbocycles. The minimum absolute atomic E-state index is 0.228. The molecule has 6 heteroatoms. The van der Waals surface area contributed by atoms with E-state index in [1.807, 2.05) is 20.8 Å². The van der Waals surface area contributed by atoms with Gasteiger partial charge in [-0.3, -0.25) is 9.69 Å². The quantitative estimate of drug-likeness (QED) is 0.618. The Bertz CT molecular complexity index is 458. The van der Waals surface area contributed by atoms with E-state index < -0.39 is 5.60 Å². The summed E-state index contributed by atoms with van der Waals surface area (Å²) < 4.78 is 5.43. The maximum atomic E-state index is 12.1. The molecule has 2 fully saturated rings. The van der Waals surface area contributed by atoms with Crippen LogP contribution in [0.15, 0.2) is 11.8 Å². The molecule has 1 heterocycles. The van der Waals surface area contributed by atoms with Crippen LogP contribution in [0.1, 0.15) is 46.5 Å². The summed E-state index contributed by atoms with van der Waals surface area (Å²) in [6, 6.07) is 0.992. The van der Waals surface area contributed by atoms with Gasteiger partial charge in [0.1, 0.15) is 11.9 Å². The summed E-state index contributed by atoms with van der Waals surface area (Å²) in [4.78, 5) is 26.9. The number of carbonyl (C=O) groups excluding carboxylic acids is 2. The molecule has 1 saturated heterocycles. The molecule has 1 aliphatic carbocycles. The summed E-state index contributed by atoms with van der Waals surface area (Å²) in [7, 11) is 0. The number of nitrogens with zero attached hydrogens (tertiary/aromatic N) is 2. The van der Waals surface area contributed by atoms with Gasteiger partial charge in [-0.25, -0.2) is 4.79 Å².